The van der Waals surface area contributed by atoms with E-state index in [0.717, 1.165) is 43.3 Å². The van der Waals surface area contributed by atoms with Crippen LogP contribution in [0.15, 0.2) is 42.5 Å². The molecule has 0 radical (unpaired) electrons. The number of hydrogen-bond donors (Lipinski definition) is 2. The molecule has 2 N–H and O–H groups in total. The lowest BCUT2D eigenvalue weighted by molar-refractivity contribution is -0.128. The molecule has 0 aromatic heterocycles. The molecule has 2 aliphatic rings. The number of benzene rings is 2. The van der Waals surface area contributed by atoms with Gasteiger partial charge in [0.2, 0.25) is 11.8 Å². The second kappa shape index (κ2) is 11.0. The predicted octanol–water partition coefficient (Wildman–Crippen LogP) is 3.90. The fraction of sp³-hybridized carbons (Fsp3) is 0.423. The van der Waals surface area contributed by atoms with E-state index in [2.05, 4.69) is 15.5 Å². The lowest BCUT2D eigenvalue weighted by Gasteiger charge is -2.35. The van der Waals surface area contributed by atoms with Crippen LogP contribution in [0.1, 0.15) is 42.9 Å². The largest absolute Gasteiger partial charge is 0.490 e. The van der Waals surface area contributed by atoms with Gasteiger partial charge < -0.3 is 20.2 Å². The van der Waals surface area contributed by atoms with Crippen molar-refractivity contribution in [3.63, 3.8) is 0 Å². The summed E-state index contributed by atoms with van der Waals surface area (Å²) in [5.74, 6) is -0.00390. The van der Waals surface area contributed by atoms with Crippen molar-refractivity contribution in [2.75, 3.05) is 25.0 Å². The molecule has 2 heterocycles. The van der Waals surface area contributed by atoms with E-state index in [1.165, 1.54) is 0 Å². The zero-order valence-electron chi connectivity index (χ0n) is 19.3. The maximum absolute atomic E-state index is 13.3. The normalized spacial score (nSPS) is 21.5. The SMILES string of the molecule is Cc1ccc(OC2CCN(CC=O)CC2)c([C@H]2NC(=O)CCC2C(=O)Nc2cccc(Cl)c2)c1. The molecule has 2 aromatic rings. The smallest absolute Gasteiger partial charge is 0.229 e. The van der Waals surface area contributed by atoms with Gasteiger partial charge >= 0.3 is 0 Å². The van der Waals surface area contributed by atoms with Crippen LogP contribution in [0, 0.1) is 12.8 Å². The molecule has 0 spiro atoms. The number of carbonyl (C=O) groups is 3. The molecule has 8 heteroatoms. The Hall–Kier alpha value is -2.90. The van der Waals surface area contributed by atoms with Crippen LogP contribution in [0.2, 0.25) is 5.02 Å². The molecule has 2 saturated heterocycles. The molecule has 180 valence electrons. The number of aldehydes is 1. The monoisotopic (exact) mass is 483 g/mol. The number of piperidine rings is 2. The molecule has 2 atom stereocenters. The highest BCUT2D eigenvalue weighted by atomic mass is 35.5. The molecule has 2 aliphatic heterocycles. The fourth-order valence-electron chi connectivity index (χ4n) is 4.69. The highest BCUT2D eigenvalue weighted by molar-refractivity contribution is 6.30. The van der Waals surface area contributed by atoms with Crippen molar-refractivity contribution in [1.29, 1.82) is 0 Å². The maximum Gasteiger partial charge on any atom is 0.229 e. The van der Waals surface area contributed by atoms with Crippen molar-refractivity contribution in [2.24, 2.45) is 5.92 Å². The second-order valence-electron chi connectivity index (χ2n) is 9.02. The fourth-order valence-corrected chi connectivity index (χ4v) is 4.88. The van der Waals surface area contributed by atoms with Crippen LogP contribution in [-0.4, -0.2) is 48.7 Å². The van der Waals surface area contributed by atoms with Crippen LogP contribution >= 0.6 is 11.6 Å². The second-order valence-corrected chi connectivity index (χ2v) is 9.45. The lowest BCUT2D eigenvalue weighted by Crippen LogP contribution is -2.44. The number of rotatable bonds is 7. The number of ether oxygens (including phenoxy) is 1. The summed E-state index contributed by atoms with van der Waals surface area (Å²) in [5.41, 5.74) is 2.46. The molecular weight excluding hydrogens is 454 g/mol. The van der Waals surface area contributed by atoms with E-state index in [1.807, 2.05) is 25.1 Å². The van der Waals surface area contributed by atoms with Crippen molar-refractivity contribution < 1.29 is 19.1 Å². The number of aryl methyl sites for hydroxylation is 1. The third kappa shape index (κ3) is 5.96. The number of anilines is 1. The molecule has 0 saturated carbocycles. The van der Waals surface area contributed by atoms with Crippen LogP contribution in [0.3, 0.4) is 0 Å². The summed E-state index contributed by atoms with van der Waals surface area (Å²) >= 11 is 6.07. The summed E-state index contributed by atoms with van der Waals surface area (Å²) in [5, 5.41) is 6.53. The first kappa shape index (κ1) is 24.2. The number of amides is 2. The summed E-state index contributed by atoms with van der Waals surface area (Å²) in [6.45, 7) is 4.03. The highest BCUT2D eigenvalue weighted by Gasteiger charge is 2.37. The molecule has 4 rings (SSSR count). The van der Waals surface area contributed by atoms with Gasteiger partial charge in [-0.15, -0.1) is 0 Å². The van der Waals surface area contributed by atoms with E-state index in [4.69, 9.17) is 16.3 Å². The van der Waals surface area contributed by atoms with Crippen molar-refractivity contribution in [3.05, 3.63) is 58.6 Å². The van der Waals surface area contributed by atoms with E-state index in [-0.39, 0.29) is 17.9 Å². The molecule has 2 aromatic carbocycles. The first-order valence-electron chi connectivity index (χ1n) is 11.7. The van der Waals surface area contributed by atoms with E-state index < -0.39 is 12.0 Å². The number of carbonyl (C=O) groups excluding carboxylic acids is 3. The Morgan fingerprint density at radius 3 is 2.74 bits per heavy atom. The number of halogens is 1. The Balaban J connectivity index is 1.55. The van der Waals surface area contributed by atoms with Gasteiger partial charge in [0, 0.05) is 35.8 Å². The lowest BCUT2D eigenvalue weighted by atomic mass is 9.84. The van der Waals surface area contributed by atoms with E-state index in [9.17, 15) is 14.4 Å². The van der Waals surface area contributed by atoms with Gasteiger partial charge in [0.25, 0.3) is 0 Å². The van der Waals surface area contributed by atoms with E-state index in [1.54, 1.807) is 24.3 Å². The number of nitrogens with zero attached hydrogens (tertiary/aromatic N) is 1. The third-order valence-electron chi connectivity index (χ3n) is 6.49. The molecule has 7 nitrogen and oxygen atoms in total. The molecule has 0 aliphatic carbocycles. The van der Waals surface area contributed by atoms with E-state index >= 15 is 0 Å². The summed E-state index contributed by atoms with van der Waals surface area (Å²) in [6.07, 6.45) is 3.32. The van der Waals surface area contributed by atoms with Crippen LogP contribution < -0.4 is 15.4 Å². The number of hydrogen-bond acceptors (Lipinski definition) is 5. The van der Waals surface area contributed by atoms with Crippen LogP contribution in [0.5, 0.6) is 5.75 Å². The first-order valence-corrected chi connectivity index (χ1v) is 12.1. The average molecular weight is 484 g/mol. The van der Waals surface area contributed by atoms with Gasteiger partial charge in [0.15, 0.2) is 0 Å². The third-order valence-corrected chi connectivity index (χ3v) is 6.73. The van der Waals surface area contributed by atoms with Gasteiger partial charge in [0.05, 0.1) is 18.5 Å². The van der Waals surface area contributed by atoms with Crippen molar-refractivity contribution >= 4 is 35.4 Å². The van der Waals surface area contributed by atoms with Crippen LogP contribution in [0.25, 0.3) is 0 Å². The van der Waals surface area contributed by atoms with Gasteiger partial charge in [-0.25, -0.2) is 0 Å². The first-order chi connectivity index (χ1) is 16.4. The molecule has 34 heavy (non-hydrogen) atoms. The van der Waals surface area contributed by atoms with Gasteiger partial charge in [0.1, 0.15) is 18.1 Å². The Kier molecular flexibility index (Phi) is 7.85. The quantitative estimate of drug-likeness (QED) is 0.583. The molecule has 2 amide bonds. The minimum atomic E-state index is -0.495. The minimum absolute atomic E-state index is 0.0161. The zero-order valence-corrected chi connectivity index (χ0v) is 20.0. The van der Waals surface area contributed by atoms with Gasteiger partial charge in [-0.05, 0) is 50.5 Å². The Bertz CT molecular complexity index is 1050. The molecular formula is C26H30ClN3O4. The topological polar surface area (TPSA) is 87.7 Å². The summed E-state index contributed by atoms with van der Waals surface area (Å²) in [4.78, 5) is 38.5. The van der Waals surface area contributed by atoms with Gasteiger partial charge in [-0.1, -0.05) is 35.4 Å². The number of nitrogens with one attached hydrogen (secondary N) is 2. The molecule has 1 unspecified atom stereocenters. The minimum Gasteiger partial charge on any atom is -0.490 e. The summed E-state index contributed by atoms with van der Waals surface area (Å²) < 4.78 is 6.40. The Morgan fingerprint density at radius 2 is 2.00 bits per heavy atom. The van der Waals surface area contributed by atoms with Crippen molar-refractivity contribution in [1.82, 2.24) is 10.2 Å². The zero-order chi connectivity index (χ0) is 24.1. The molecule has 0 bridgehead atoms. The van der Waals surface area contributed by atoms with Crippen LogP contribution in [-0.2, 0) is 14.4 Å². The molecule has 2 fully saturated rings. The summed E-state index contributed by atoms with van der Waals surface area (Å²) in [7, 11) is 0. The Labute approximate surface area is 204 Å². The predicted molar refractivity (Wildman–Crippen MR) is 131 cm³/mol. The summed E-state index contributed by atoms with van der Waals surface area (Å²) in [6, 6.07) is 12.4. The van der Waals surface area contributed by atoms with Crippen molar-refractivity contribution in [3.8, 4) is 5.75 Å². The Morgan fingerprint density at radius 1 is 1.21 bits per heavy atom. The van der Waals surface area contributed by atoms with E-state index in [0.29, 0.717) is 35.8 Å². The van der Waals surface area contributed by atoms with Crippen molar-refractivity contribution in [2.45, 2.75) is 44.8 Å². The van der Waals surface area contributed by atoms with Gasteiger partial charge in [-0.2, -0.15) is 0 Å². The van der Waals surface area contributed by atoms with Crippen LogP contribution in [0.4, 0.5) is 5.69 Å². The van der Waals surface area contributed by atoms with Gasteiger partial charge in [-0.3, -0.25) is 14.5 Å². The maximum atomic E-state index is 13.3. The average Bonchev–Trinajstić information content (AvgIpc) is 2.81. The highest BCUT2D eigenvalue weighted by Crippen LogP contribution is 2.37. The standard InChI is InChI=1S/C26H30ClN3O4/c1-17-5-7-23(34-20-9-11-30(12-10-20)13-14-31)22(15-17)25-21(6-8-24(32)29-25)26(33)28-19-4-2-3-18(27)16-19/h2-5,7,14-16,20-21,25H,6,8-13H2,1H3,(H,28,33)(H,29,32)/t21?,25-/m0/s1. The number of likely N-dealkylation sites (tertiary alicyclic amines) is 1.